The molecule has 1 saturated carbocycles. The van der Waals surface area contributed by atoms with Crippen LogP contribution in [0.1, 0.15) is 31.2 Å². The molecular weight excluding hydrogens is 310 g/mol. The van der Waals surface area contributed by atoms with Crippen molar-refractivity contribution in [3.8, 4) is 0 Å². The third-order valence-corrected chi connectivity index (χ3v) is 7.54. The molecule has 1 aliphatic rings. The van der Waals surface area contributed by atoms with E-state index in [1.54, 1.807) is 28.8 Å². The van der Waals surface area contributed by atoms with Gasteiger partial charge >= 0.3 is 0 Å². The van der Waals surface area contributed by atoms with Crippen LogP contribution in [0.25, 0.3) is 0 Å². The van der Waals surface area contributed by atoms with Crippen LogP contribution in [0.15, 0.2) is 38.5 Å². The first-order chi connectivity index (χ1) is 9.62. The maximum Gasteiger partial charge on any atom is 0.250 e. The van der Waals surface area contributed by atoms with Crippen molar-refractivity contribution in [3.63, 3.8) is 0 Å². The summed E-state index contributed by atoms with van der Waals surface area (Å²) in [5.74, 6) is 0. The summed E-state index contributed by atoms with van der Waals surface area (Å²) >= 11 is 2.94. The van der Waals surface area contributed by atoms with Crippen molar-refractivity contribution in [3.05, 3.63) is 39.9 Å². The summed E-state index contributed by atoms with van der Waals surface area (Å²) in [7, 11) is -3.36. The van der Waals surface area contributed by atoms with E-state index in [-0.39, 0.29) is 5.41 Å². The van der Waals surface area contributed by atoms with E-state index >= 15 is 0 Å². The molecule has 0 unspecified atom stereocenters. The molecule has 3 rings (SSSR count). The molecule has 1 N–H and O–H groups in total. The zero-order valence-corrected chi connectivity index (χ0v) is 13.5. The zero-order valence-electron chi connectivity index (χ0n) is 11.0. The van der Waals surface area contributed by atoms with Gasteiger partial charge in [-0.25, -0.2) is 13.1 Å². The Morgan fingerprint density at radius 1 is 1.20 bits per heavy atom. The van der Waals surface area contributed by atoms with Crippen molar-refractivity contribution in [1.82, 2.24) is 4.72 Å². The van der Waals surface area contributed by atoms with Crippen molar-refractivity contribution in [2.45, 2.75) is 35.3 Å². The lowest BCUT2D eigenvalue weighted by Crippen LogP contribution is -2.38. The molecule has 20 heavy (non-hydrogen) atoms. The van der Waals surface area contributed by atoms with Gasteiger partial charge in [-0.2, -0.15) is 11.3 Å². The van der Waals surface area contributed by atoms with Gasteiger partial charge in [0.15, 0.2) is 0 Å². The number of sulfonamides is 1. The van der Waals surface area contributed by atoms with E-state index in [9.17, 15) is 8.42 Å². The summed E-state index contributed by atoms with van der Waals surface area (Å²) in [5.41, 5.74) is 1.28. The van der Waals surface area contributed by atoms with Crippen molar-refractivity contribution < 1.29 is 8.42 Å². The Labute approximate surface area is 127 Å². The average molecular weight is 327 g/mol. The lowest BCUT2D eigenvalue weighted by Gasteiger charge is -2.28. The second-order valence-corrected chi connectivity index (χ2v) is 8.98. The molecule has 0 spiro atoms. The summed E-state index contributed by atoms with van der Waals surface area (Å²) in [6.45, 7) is 0.504. The van der Waals surface area contributed by atoms with Crippen molar-refractivity contribution in [2.24, 2.45) is 0 Å². The number of thiophene rings is 2. The van der Waals surface area contributed by atoms with Crippen LogP contribution < -0.4 is 4.72 Å². The maximum absolute atomic E-state index is 12.3. The Kier molecular flexibility index (Phi) is 3.99. The van der Waals surface area contributed by atoms with Crippen LogP contribution in [0.2, 0.25) is 0 Å². The second-order valence-electron chi connectivity index (χ2n) is 5.26. The maximum atomic E-state index is 12.3. The molecule has 0 aromatic carbocycles. The summed E-state index contributed by atoms with van der Waals surface area (Å²) in [5, 5.41) is 6.02. The van der Waals surface area contributed by atoms with Crippen LogP contribution in [0.3, 0.4) is 0 Å². The minimum atomic E-state index is -3.36. The quantitative estimate of drug-likeness (QED) is 0.912. The number of hydrogen-bond donors (Lipinski definition) is 1. The van der Waals surface area contributed by atoms with Gasteiger partial charge in [0.25, 0.3) is 0 Å². The summed E-state index contributed by atoms with van der Waals surface area (Å²) in [6.07, 6.45) is 4.49. The van der Waals surface area contributed by atoms with Crippen LogP contribution in [-0.4, -0.2) is 15.0 Å². The van der Waals surface area contributed by atoms with Crippen molar-refractivity contribution in [1.29, 1.82) is 0 Å². The molecule has 108 valence electrons. The normalized spacial score (nSPS) is 18.4. The van der Waals surface area contributed by atoms with Crippen LogP contribution >= 0.6 is 22.7 Å². The first-order valence-electron chi connectivity index (χ1n) is 6.68. The SMILES string of the molecule is O=S(=O)(NCC1(c2ccsc2)CCCC1)c1cccs1. The Morgan fingerprint density at radius 3 is 2.60 bits per heavy atom. The fourth-order valence-electron chi connectivity index (χ4n) is 2.91. The van der Waals surface area contributed by atoms with E-state index in [1.165, 1.54) is 29.7 Å². The van der Waals surface area contributed by atoms with Gasteiger partial charge in [-0.05, 0) is 46.7 Å². The van der Waals surface area contributed by atoms with Gasteiger partial charge in [-0.1, -0.05) is 18.9 Å². The summed E-state index contributed by atoms with van der Waals surface area (Å²) < 4.78 is 27.7. The van der Waals surface area contributed by atoms with Gasteiger partial charge in [0.05, 0.1) is 0 Å². The van der Waals surface area contributed by atoms with Crippen LogP contribution in [-0.2, 0) is 15.4 Å². The first kappa shape index (κ1) is 14.3. The minimum absolute atomic E-state index is 0.00959. The molecule has 6 heteroatoms. The Bertz CT molecular complexity index is 639. The fourth-order valence-corrected chi connectivity index (χ4v) is 5.85. The Morgan fingerprint density at radius 2 is 2.00 bits per heavy atom. The minimum Gasteiger partial charge on any atom is -0.210 e. The fraction of sp³-hybridized carbons (Fsp3) is 0.429. The van der Waals surface area contributed by atoms with Crippen LogP contribution in [0.4, 0.5) is 0 Å². The molecule has 1 aliphatic carbocycles. The van der Waals surface area contributed by atoms with Crippen LogP contribution in [0.5, 0.6) is 0 Å². The standard InChI is InChI=1S/C14H17NO2S3/c16-20(17,13-4-3-8-19-13)15-11-14(6-1-2-7-14)12-5-9-18-10-12/h3-5,8-10,15H,1-2,6-7,11H2. The lowest BCUT2D eigenvalue weighted by atomic mass is 9.81. The van der Waals surface area contributed by atoms with Crippen molar-refractivity contribution >= 4 is 32.7 Å². The molecule has 2 aromatic heterocycles. The van der Waals surface area contributed by atoms with E-state index in [4.69, 9.17) is 0 Å². The van der Waals surface area contributed by atoms with Gasteiger partial charge in [-0.15, -0.1) is 11.3 Å². The predicted octanol–water partition coefficient (Wildman–Crippen LogP) is 3.60. The average Bonchev–Trinajstić information content (AvgIpc) is 3.16. The number of nitrogens with one attached hydrogen (secondary N) is 1. The molecule has 3 nitrogen and oxygen atoms in total. The largest absolute Gasteiger partial charge is 0.250 e. The highest BCUT2D eigenvalue weighted by Crippen LogP contribution is 2.41. The topological polar surface area (TPSA) is 46.2 Å². The van der Waals surface area contributed by atoms with Crippen LogP contribution in [0, 0.1) is 0 Å². The third-order valence-electron chi connectivity index (χ3n) is 4.05. The molecule has 0 aliphatic heterocycles. The smallest absolute Gasteiger partial charge is 0.210 e. The molecule has 2 aromatic rings. The summed E-state index contributed by atoms with van der Waals surface area (Å²) in [6, 6.07) is 5.55. The zero-order chi connectivity index (χ0) is 14.1. The molecule has 0 bridgehead atoms. The summed E-state index contributed by atoms with van der Waals surface area (Å²) in [4.78, 5) is 0. The molecule has 2 heterocycles. The number of rotatable bonds is 5. The first-order valence-corrected chi connectivity index (χ1v) is 9.99. The van der Waals surface area contributed by atoms with E-state index in [1.807, 2.05) is 0 Å². The second kappa shape index (κ2) is 5.60. The Hall–Kier alpha value is -0.690. The lowest BCUT2D eigenvalue weighted by molar-refractivity contribution is 0.434. The highest BCUT2D eigenvalue weighted by atomic mass is 32.2. The van der Waals surface area contributed by atoms with E-state index in [2.05, 4.69) is 21.5 Å². The molecule has 0 atom stereocenters. The van der Waals surface area contributed by atoms with Gasteiger partial charge in [0.1, 0.15) is 4.21 Å². The van der Waals surface area contributed by atoms with Gasteiger partial charge in [0, 0.05) is 12.0 Å². The van der Waals surface area contributed by atoms with Gasteiger partial charge in [0.2, 0.25) is 10.0 Å². The van der Waals surface area contributed by atoms with E-state index in [0.717, 1.165) is 12.8 Å². The van der Waals surface area contributed by atoms with Gasteiger partial charge < -0.3 is 0 Å². The predicted molar refractivity (Wildman–Crippen MR) is 84.0 cm³/mol. The highest BCUT2D eigenvalue weighted by molar-refractivity contribution is 7.91. The molecule has 0 saturated heterocycles. The third kappa shape index (κ3) is 2.70. The monoisotopic (exact) mass is 327 g/mol. The molecule has 0 radical (unpaired) electrons. The van der Waals surface area contributed by atoms with Gasteiger partial charge in [-0.3, -0.25) is 0 Å². The highest BCUT2D eigenvalue weighted by Gasteiger charge is 2.37. The van der Waals surface area contributed by atoms with E-state index in [0.29, 0.717) is 10.8 Å². The molecule has 1 fully saturated rings. The molecule has 0 amide bonds. The van der Waals surface area contributed by atoms with E-state index < -0.39 is 10.0 Å². The van der Waals surface area contributed by atoms with Crippen molar-refractivity contribution in [2.75, 3.05) is 6.54 Å². The Balaban J connectivity index is 1.79. The molecular formula is C14H17NO2S3. The number of hydrogen-bond acceptors (Lipinski definition) is 4.